The van der Waals surface area contributed by atoms with Gasteiger partial charge in [0.05, 0.1) is 6.61 Å². The molecule has 0 bridgehead atoms. The first kappa shape index (κ1) is 12.3. The molecule has 0 fully saturated rings. The third-order valence-electron chi connectivity index (χ3n) is 2.35. The average Bonchev–Trinajstić information content (AvgIpc) is 2.29. The first-order valence-electron chi connectivity index (χ1n) is 5.22. The van der Waals surface area contributed by atoms with E-state index in [1.807, 2.05) is 19.9 Å². The Morgan fingerprint density at radius 2 is 2.12 bits per heavy atom. The number of rotatable bonds is 4. The number of aromatic hydroxyl groups is 1. The van der Waals surface area contributed by atoms with Gasteiger partial charge in [-0.3, -0.25) is 0 Å². The molecule has 0 saturated carbocycles. The summed E-state index contributed by atoms with van der Waals surface area (Å²) in [5, 5.41) is 9.42. The number of carbonyl (C=O) groups excluding carboxylic acids is 1. The maximum Gasteiger partial charge on any atom is 0.341 e. The van der Waals surface area contributed by atoms with Gasteiger partial charge in [-0.2, -0.15) is 0 Å². The van der Waals surface area contributed by atoms with E-state index in [0.29, 0.717) is 6.61 Å². The molecule has 0 aliphatic heterocycles. The van der Waals surface area contributed by atoms with Gasteiger partial charge in [0, 0.05) is 6.42 Å². The van der Waals surface area contributed by atoms with E-state index in [1.165, 1.54) is 11.6 Å². The zero-order valence-electron chi connectivity index (χ0n) is 9.56. The molecule has 0 unspecified atom stereocenters. The van der Waals surface area contributed by atoms with Gasteiger partial charge in [0.2, 0.25) is 0 Å². The van der Waals surface area contributed by atoms with Crippen LogP contribution in [-0.4, -0.2) is 17.7 Å². The summed E-state index contributed by atoms with van der Waals surface area (Å²) in [5.74, 6) is -0.530. The molecule has 1 aromatic carbocycles. The number of phenolic OH excluding ortho intramolecular Hbond substituents is 1. The molecular formula is C13H16O3. The lowest BCUT2D eigenvalue weighted by Gasteiger charge is -2.06. The van der Waals surface area contributed by atoms with Gasteiger partial charge in [-0.15, -0.1) is 0 Å². The predicted octanol–water partition coefficient (Wildman–Crippen LogP) is 2.91. The second kappa shape index (κ2) is 5.95. The highest BCUT2D eigenvalue weighted by molar-refractivity contribution is 5.92. The Morgan fingerprint density at radius 1 is 1.44 bits per heavy atom. The number of phenols is 1. The fraction of sp³-hybridized carbons (Fsp3) is 0.308. The molecule has 0 heterocycles. The molecule has 0 aliphatic rings. The Balaban J connectivity index is 2.51. The maximum absolute atomic E-state index is 11.5. The standard InChI is InChI=1S/C13H16O3/c1-3-10(2)8-9-16-13(15)11-6-4-5-7-12(11)14/h3-7,14H,8-9H2,1-2H3. The van der Waals surface area contributed by atoms with Crippen molar-refractivity contribution in [2.75, 3.05) is 6.61 Å². The molecule has 3 nitrogen and oxygen atoms in total. The molecule has 0 atom stereocenters. The second-order valence-corrected chi connectivity index (χ2v) is 3.54. The van der Waals surface area contributed by atoms with Gasteiger partial charge in [0.15, 0.2) is 0 Å². The molecule has 3 heteroatoms. The van der Waals surface area contributed by atoms with Crippen molar-refractivity contribution in [2.45, 2.75) is 20.3 Å². The number of benzene rings is 1. The summed E-state index contributed by atoms with van der Waals surface area (Å²) in [4.78, 5) is 11.5. The predicted molar refractivity (Wildman–Crippen MR) is 62.4 cm³/mol. The van der Waals surface area contributed by atoms with Crippen LogP contribution in [0.1, 0.15) is 30.6 Å². The van der Waals surface area contributed by atoms with Crippen LogP contribution in [0.5, 0.6) is 5.75 Å². The lowest BCUT2D eigenvalue weighted by molar-refractivity contribution is 0.0506. The van der Waals surface area contributed by atoms with Gasteiger partial charge in [-0.05, 0) is 26.0 Å². The average molecular weight is 220 g/mol. The Hall–Kier alpha value is -1.77. The van der Waals surface area contributed by atoms with Crippen molar-refractivity contribution in [3.8, 4) is 5.75 Å². The highest BCUT2D eigenvalue weighted by Crippen LogP contribution is 2.16. The SMILES string of the molecule is CC=C(C)CCOC(=O)c1ccccc1O. The summed E-state index contributed by atoms with van der Waals surface area (Å²) in [6.45, 7) is 4.26. The fourth-order valence-corrected chi connectivity index (χ4v) is 1.17. The Morgan fingerprint density at radius 3 is 2.75 bits per heavy atom. The van der Waals surface area contributed by atoms with Crippen LogP contribution in [0, 0.1) is 0 Å². The van der Waals surface area contributed by atoms with E-state index in [-0.39, 0.29) is 11.3 Å². The van der Waals surface area contributed by atoms with Crippen molar-refractivity contribution >= 4 is 5.97 Å². The molecule has 0 aromatic heterocycles. The van der Waals surface area contributed by atoms with Gasteiger partial charge in [0.25, 0.3) is 0 Å². The molecule has 16 heavy (non-hydrogen) atoms. The van der Waals surface area contributed by atoms with Crippen LogP contribution in [0.25, 0.3) is 0 Å². The third kappa shape index (κ3) is 3.42. The third-order valence-corrected chi connectivity index (χ3v) is 2.35. The highest BCUT2D eigenvalue weighted by Gasteiger charge is 2.10. The summed E-state index contributed by atoms with van der Waals surface area (Å²) in [6, 6.07) is 6.36. The normalized spacial score (nSPS) is 11.2. The minimum atomic E-state index is -0.484. The van der Waals surface area contributed by atoms with Crippen LogP contribution in [0.2, 0.25) is 0 Å². The van der Waals surface area contributed by atoms with Crippen LogP contribution in [0.15, 0.2) is 35.9 Å². The summed E-state index contributed by atoms with van der Waals surface area (Å²) in [5.41, 5.74) is 1.38. The first-order valence-corrected chi connectivity index (χ1v) is 5.22. The lowest BCUT2D eigenvalue weighted by Crippen LogP contribution is -2.06. The number of esters is 1. The molecule has 0 spiro atoms. The van der Waals surface area contributed by atoms with Crippen molar-refractivity contribution in [1.29, 1.82) is 0 Å². The number of hydrogen-bond donors (Lipinski definition) is 1. The summed E-state index contributed by atoms with van der Waals surface area (Å²) >= 11 is 0. The largest absolute Gasteiger partial charge is 0.507 e. The van der Waals surface area contributed by atoms with E-state index in [2.05, 4.69) is 0 Å². The zero-order chi connectivity index (χ0) is 12.0. The number of carbonyl (C=O) groups is 1. The molecule has 0 amide bonds. The quantitative estimate of drug-likeness (QED) is 0.627. The van der Waals surface area contributed by atoms with E-state index >= 15 is 0 Å². The van der Waals surface area contributed by atoms with Crippen molar-refractivity contribution < 1.29 is 14.6 Å². The monoisotopic (exact) mass is 220 g/mol. The van der Waals surface area contributed by atoms with Gasteiger partial charge < -0.3 is 9.84 Å². The molecule has 1 rings (SSSR count). The first-order chi connectivity index (χ1) is 7.65. The highest BCUT2D eigenvalue weighted by atomic mass is 16.5. The minimum absolute atomic E-state index is 0.0461. The van der Waals surface area contributed by atoms with E-state index in [9.17, 15) is 9.90 Å². The topological polar surface area (TPSA) is 46.5 Å². The summed E-state index contributed by atoms with van der Waals surface area (Å²) in [6.07, 6.45) is 2.70. The lowest BCUT2D eigenvalue weighted by atomic mass is 10.2. The Labute approximate surface area is 95.4 Å². The van der Waals surface area contributed by atoms with E-state index in [1.54, 1.807) is 18.2 Å². The molecule has 0 aliphatic carbocycles. The molecule has 0 radical (unpaired) electrons. The number of para-hydroxylation sites is 1. The van der Waals surface area contributed by atoms with Crippen LogP contribution < -0.4 is 0 Å². The van der Waals surface area contributed by atoms with Crippen LogP contribution in [-0.2, 0) is 4.74 Å². The fourth-order valence-electron chi connectivity index (χ4n) is 1.17. The van der Waals surface area contributed by atoms with Crippen LogP contribution in [0.3, 0.4) is 0 Å². The maximum atomic E-state index is 11.5. The molecule has 1 aromatic rings. The smallest absolute Gasteiger partial charge is 0.341 e. The van der Waals surface area contributed by atoms with Crippen molar-refractivity contribution in [2.24, 2.45) is 0 Å². The molecule has 86 valence electrons. The van der Waals surface area contributed by atoms with Crippen molar-refractivity contribution in [1.82, 2.24) is 0 Å². The van der Waals surface area contributed by atoms with Crippen LogP contribution >= 0.6 is 0 Å². The summed E-state index contributed by atoms with van der Waals surface area (Å²) in [7, 11) is 0. The minimum Gasteiger partial charge on any atom is -0.507 e. The molecular weight excluding hydrogens is 204 g/mol. The van der Waals surface area contributed by atoms with E-state index < -0.39 is 5.97 Å². The van der Waals surface area contributed by atoms with Gasteiger partial charge in [-0.25, -0.2) is 4.79 Å². The van der Waals surface area contributed by atoms with E-state index in [0.717, 1.165) is 6.42 Å². The van der Waals surface area contributed by atoms with Gasteiger partial charge in [0.1, 0.15) is 11.3 Å². The van der Waals surface area contributed by atoms with Crippen LogP contribution in [0.4, 0.5) is 0 Å². The summed E-state index contributed by atoms with van der Waals surface area (Å²) < 4.78 is 5.04. The number of ether oxygens (including phenoxy) is 1. The number of allylic oxidation sites excluding steroid dienone is 1. The van der Waals surface area contributed by atoms with Crippen molar-refractivity contribution in [3.05, 3.63) is 41.5 Å². The van der Waals surface area contributed by atoms with E-state index in [4.69, 9.17) is 4.74 Å². The molecule has 0 saturated heterocycles. The van der Waals surface area contributed by atoms with Gasteiger partial charge in [-0.1, -0.05) is 23.8 Å². The Kier molecular flexibility index (Phi) is 4.58. The molecule has 1 N–H and O–H groups in total. The Bertz CT molecular complexity index is 394. The van der Waals surface area contributed by atoms with Gasteiger partial charge >= 0.3 is 5.97 Å². The zero-order valence-corrected chi connectivity index (χ0v) is 9.56. The second-order valence-electron chi connectivity index (χ2n) is 3.54. The number of hydrogen-bond acceptors (Lipinski definition) is 3. The van der Waals surface area contributed by atoms with Crippen molar-refractivity contribution in [3.63, 3.8) is 0 Å².